The van der Waals surface area contributed by atoms with E-state index in [2.05, 4.69) is 15.9 Å². The van der Waals surface area contributed by atoms with Gasteiger partial charge < -0.3 is 10.5 Å². The van der Waals surface area contributed by atoms with Crippen LogP contribution >= 0.6 is 15.9 Å². The number of esters is 1. The molecular weight excluding hydrogens is 337 g/mol. The Labute approximate surface area is 131 Å². The number of halogens is 2. The lowest BCUT2D eigenvalue weighted by molar-refractivity contribution is 0.0471. The molecule has 0 fully saturated rings. The molecule has 0 atom stereocenters. The van der Waals surface area contributed by atoms with Crippen LogP contribution in [0.5, 0.6) is 0 Å². The van der Waals surface area contributed by atoms with Gasteiger partial charge in [0, 0.05) is 10.2 Å². The van der Waals surface area contributed by atoms with Gasteiger partial charge in [0.1, 0.15) is 12.4 Å². The van der Waals surface area contributed by atoms with E-state index in [1.165, 1.54) is 12.1 Å². The molecule has 0 heterocycles. The maximum absolute atomic E-state index is 13.0. The van der Waals surface area contributed by atoms with Crippen molar-refractivity contribution in [2.24, 2.45) is 0 Å². The lowest BCUT2D eigenvalue weighted by Crippen LogP contribution is -2.09. The van der Waals surface area contributed by atoms with Gasteiger partial charge in [0.05, 0.1) is 5.56 Å². The average Bonchev–Trinajstić information content (AvgIpc) is 2.41. The first-order valence-electron chi connectivity index (χ1n) is 6.36. The van der Waals surface area contributed by atoms with Crippen LogP contribution in [0.2, 0.25) is 0 Å². The number of anilines is 1. The van der Waals surface area contributed by atoms with Crippen molar-refractivity contribution in [1.82, 2.24) is 0 Å². The van der Waals surface area contributed by atoms with E-state index < -0.39 is 5.97 Å². The number of nitrogens with two attached hydrogens (primary N) is 1. The summed E-state index contributed by atoms with van der Waals surface area (Å²) in [7, 11) is 0. The molecule has 0 spiro atoms. The van der Waals surface area contributed by atoms with Crippen LogP contribution in [0.25, 0.3) is 0 Å². The van der Waals surface area contributed by atoms with Crippen molar-refractivity contribution in [2.45, 2.75) is 20.5 Å². The Morgan fingerprint density at radius 2 is 2.00 bits per heavy atom. The molecule has 0 unspecified atom stereocenters. The SMILES string of the molecule is Cc1cc(F)ccc1COC(=O)c1cc(Br)cc(N)c1C. The Balaban J connectivity index is 2.15. The summed E-state index contributed by atoms with van der Waals surface area (Å²) in [6.45, 7) is 3.63. The van der Waals surface area contributed by atoms with Crippen LogP contribution in [0.4, 0.5) is 10.1 Å². The van der Waals surface area contributed by atoms with Gasteiger partial charge in [-0.3, -0.25) is 0 Å². The first-order valence-corrected chi connectivity index (χ1v) is 7.15. The molecule has 2 aromatic carbocycles. The minimum Gasteiger partial charge on any atom is -0.457 e. The Bertz CT molecular complexity index is 701. The molecule has 0 aliphatic carbocycles. The Morgan fingerprint density at radius 3 is 2.67 bits per heavy atom. The molecule has 0 bridgehead atoms. The second kappa shape index (κ2) is 6.26. The number of nitrogen functional groups attached to an aromatic ring is 1. The molecule has 0 radical (unpaired) electrons. The fourth-order valence-electron chi connectivity index (χ4n) is 1.95. The first-order chi connectivity index (χ1) is 9.88. The molecule has 2 N–H and O–H groups in total. The maximum Gasteiger partial charge on any atom is 0.338 e. The van der Waals surface area contributed by atoms with Gasteiger partial charge in [-0.05, 0) is 54.8 Å². The van der Waals surface area contributed by atoms with Crippen LogP contribution in [0.15, 0.2) is 34.8 Å². The Hall–Kier alpha value is -1.88. The number of hydrogen-bond acceptors (Lipinski definition) is 3. The number of aryl methyl sites for hydroxylation is 1. The van der Waals surface area contributed by atoms with Crippen LogP contribution in [-0.2, 0) is 11.3 Å². The van der Waals surface area contributed by atoms with Gasteiger partial charge in [-0.1, -0.05) is 22.0 Å². The summed E-state index contributed by atoms with van der Waals surface area (Å²) < 4.78 is 19.0. The predicted octanol–water partition coefficient (Wildman–Crippen LogP) is 4.14. The molecule has 21 heavy (non-hydrogen) atoms. The Morgan fingerprint density at radius 1 is 1.29 bits per heavy atom. The first kappa shape index (κ1) is 15.5. The van der Waals surface area contributed by atoms with Crippen LogP contribution < -0.4 is 5.73 Å². The molecule has 2 aromatic rings. The lowest BCUT2D eigenvalue weighted by Gasteiger charge is -2.11. The Kier molecular flexibility index (Phi) is 4.63. The highest BCUT2D eigenvalue weighted by molar-refractivity contribution is 9.10. The molecule has 0 saturated carbocycles. The van der Waals surface area contributed by atoms with E-state index in [4.69, 9.17) is 10.5 Å². The van der Waals surface area contributed by atoms with Crippen molar-refractivity contribution in [3.05, 3.63) is 62.9 Å². The van der Waals surface area contributed by atoms with Crippen LogP contribution in [-0.4, -0.2) is 5.97 Å². The highest BCUT2D eigenvalue weighted by Crippen LogP contribution is 2.24. The molecular formula is C16H15BrFNO2. The molecule has 0 aliphatic heterocycles. The third kappa shape index (κ3) is 3.61. The second-order valence-corrected chi connectivity index (χ2v) is 5.73. The minimum absolute atomic E-state index is 0.0941. The highest BCUT2D eigenvalue weighted by Gasteiger charge is 2.14. The summed E-state index contributed by atoms with van der Waals surface area (Å²) in [6.07, 6.45) is 0. The van der Waals surface area contributed by atoms with Crippen LogP contribution in [0, 0.1) is 19.7 Å². The van der Waals surface area contributed by atoms with Gasteiger partial charge in [-0.15, -0.1) is 0 Å². The van der Waals surface area contributed by atoms with E-state index >= 15 is 0 Å². The van der Waals surface area contributed by atoms with Crippen LogP contribution in [0.1, 0.15) is 27.0 Å². The van der Waals surface area contributed by atoms with Crippen LogP contribution in [0.3, 0.4) is 0 Å². The molecule has 110 valence electrons. The summed E-state index contributed by atoms with van der Waals surface area (Å²) in [5, 5.41) is 0. The zero-order valence-corrected chi connectivity index (χ0v) is 13.3. The highest BCUT2D eigenvalue weighted by atomic mass is 79.9. The van der Waals surface area contributed by atoms with Gasteiger partial charge in [-0.2, -0.15) is 0 Å². The van der Waals surface area contributed by atoms with E-state index in [1.54, 1.807) is 32.0 Å². The van der Waals surface area contributed by atoms with Crippen molar-refractivity contribution in [1.29, 1.82) is 0 Å². The van der Waals surface area contributed by atoms with Crippen molar-refractivity contribution < 1.29 is 13.9 Å². The molecule has 0 amide bonds. The number of ether oxygens (including phenoxy) is 1. The number of hydrogen-bond donors (Lipinski definition) is 1. The third-order valence-electron chi connectivity index (χ3n) is 3.30. The minimum atomic E-state index is -0.454. The van der Waals surface area contributed by atoms with Crippen molar-refractivity contribution in [3.8, 4) is 0 Å². The van der Waals surface area contributed by atoms with Gasteiger partial charge in [0.2, 0.25) is 0 Å². The normalized spacial score (nSPS) is 10.5. The number of carbonyl (C=O) groups is 1. The lowest BCUT2D eigenvalue weighted by atomic mass is 10.1. The molecule has 5 heteroatoms. The van der Waals surface area contributed by atoms with E-state index in [1.807, 2.05) is 0 Å². The average molecular weight is 352 g/mol. The largest absolute Gasteiger partial charge is 0.457 e. The number of carbonyl (C=O) groups excluding carboxylic acids is 1. The summed E-state index contributed by atoms with van der Waals surface area (Å²) in [5.41, 5.74) is 8.96. The molecule has 3 nitrogen and oxygen atoms in total. The van der Waals surface area contributed by atoms with Crippen molar-refractivity contribution >= 4 is 27.6 Å². The maximum atomic E-state index is 13.0. The van der Waals surface area contributed by atoms with Crippen molar-refractivity contribution in [3.63, 3.8) is 0 Å². The van der Waals surface area contributed by atoms with E-state index in [-0.39, 0.29) is 12.4 Å². The van der Waals surface area contributed by atoms with Gasteiger partial charge >= 0.3 is 5.97 Å². The molecule has 2 rings (SSSR count). The van der Waals surface area contributed by atoms with E-state index in [9.17, 15) is 9.18 Å². The summed E-state index contributed by atoms with van der Waals surface area (Å²) >= 11 is 3.30. The topological polar surface area (TPSA) is 52.3 Å². The van der Waals surface area contributed by atoms with Gasteiger partial charge in [-0.25, -0.2) is 9.18 Å². The van der Waals surface area contributed by atoms with Gasteiger partial charge in [0.25, 0.3) is 0 Å². The fraction of sp³-hybridized carbons (Fsp3) is 0.188. The quantitative estimate of drug-likeness (QED) is 0.667. The predicted molar refractivity (Wildman–Crippen MR) is 83.5 cm³/mol. The fourth-order valence-corrected chi connectivity index (χ4v) is 2.43. The smallest absolute Gasteiger partial charge is 0.338 e. The zero-order valence-electron chi connectivity index (χ0n) is 11.7. The number of rotatable bonds is 3. The molecule has 0 aliphatic rings. The van der Waals surface area contributed by atoms with Crippen molar-refractivity contribution in [2.75, 3.05) is 5.73 Å². The number of benzene rings is 2. The summed E-state index contributed by atoms with van der Waals surface area (Å²) in [4.78, 5) is 12.1. The zero-order chi connectivity index (χ0) is 15.6. The molecule has 0 saturated heterocycles. The summed E-state index contributed by atoms with van der Waals surface area (Å²) in [5.74, 6) is -0.762. The third-order valence-corrected chi connectivity index (χ3v) is 3.75. The summed E-state index contributed by atoms with van der Waals surface area (Å²) in [6, 6.07) is 7.77. The molecule has 0 aromatic heterocycles. The van der Waals surface area contributed by atoms with E-state index in [0.717, 1.165) is 15.6 Å². The van der Waals surface area contributed by atoms with Gasteiger partial charge in [0.15, 0.2) is 0 Å². The monoisotopic (exact) mass is 351 g/mol. The standard InChI is InChI=1S/C16H15BrFNO2/c1-9-5-13(18)4-3-11(9)8-21-16(20)14-6-12(17)7-15(19)10(14)2/h3-7H,8,19H2,1-2H3. The van der Waals surface area contributed by atoms with E-state index in [0.29, 0.717) is 16.8 Å². The second-order valence-electron chi connectivity index (χ2n) is 4.81.